The van der Waals surface area contributed by atoms with Crippen molar-refractivity contribution in [1.82, 2.24) is 19.1 Å². The molecule has 0 bridgehead atoms. The second-order valence-corrected chi connectivity index (χ2v) is 13.0. The molecule has 4 nitrogen and oxygen atoms in total. The third kappa shape index (κ3) is 3.76. The molecule has 4 aromatic heterocycles. The third-order valence-corrected chi connectivity index (χ3v) is 10.5. The van der Waals surface area contributed by atoms with Crippen molar-refractivity contribution in [3.63, 3.8) is 0 Å². The summed E-state index contributed by atoms with van der Waals surface area (Å²) in [5.74, 6) is 0. The van der Waals surface area contributed by atoms with Crippen LogP contribution in [-0.4, -0.2) is 19.1 Å². The lowest BCUT2D eigenvalue weighted by atomic mass is 9.81. The van der Waals surface area contributed by atoms with Gasteiger partial charge >= 0.3 is 0 Å². The first-order chi connectivity index (χ1) is 24.8. The average molecular weight is 637 g/mol. The van der Waals surface area contributed by atoms with E-state index in [1.165, 1.54) is 55.4 Å². The Balaban J connectivity index is 1.18. The number of fused-ring (bicyclic) bond motifs is 14. The standard InChI is InChI=1S/C46H28N4/c1-2-10-32-31(9-1)33-11-3-4-13-35(33)37-19-17-29(25-39(37)36-14-6-5-12-34(32)36)50-44-20-18-30(26-40(44)42-28-48-24-22-46(42)50)49-43-16-8-7-15-38(43)41-27-47-23-21-45(41)49/h1-28H. The number of benzene rings is 6. The third-order valence-electron chi connectivity index (χ3n) is 10.5. The molecular formula is C46H28N4. The molecule has 10 aromatic rings. The van der Waals surface area contributed by atoms with Gasteiger partial charge in [-0.1, -0.05) is 97.1 Å². The summed E-state index contributed by atoms with van der Waals surface area (Å²) in [6.45, 7) is 0. The van der Waals surface area contributed by atoms with Gasteiger partial charge in [0.1, 0.15) is 0 Å². The van der Waals surface area contributed by atoms with Gasteiger partial charge in [-0.15, -0.1) is 0 Å². The lowest BCUT2D eigenvalue weighted by Crippen LogP contribution is -2.00. The molecule has 1 aliphatic carbocycles. The molecule has 0 atom stereocenters. The van der Waals surface area contributed by atoms with E-state index in [9.17, 15) is 0 Å². The van der Waals surface area contributed by atoms with Crippen molar-refractivity contribution < 1.29 is 0 Å². The highest BCUT2D eigenvalue weighted by Crippen LogP contribution is 2.48. The SMILES string of the molecule is c1ccc2c(c1)-c1ccccc1-c1ccc(-n3c4ccncc4c4cc(-n5c6ccccc6c6cnccc65)ccc43)cc1-c1ccccc1-2. The fourth-order valence-electron chi connectivity index (χ4n) is 8.35. The quantitative estimate of drug-likeness (QED) is 0.189. The Bertz CT molecular complexity index is 2940. The Labute approximate surface area is 288 Å². The van der Waals surface area contributed by atoms with E-state index < -0.39 is 0 Å². The maximum atomic E-state index is 4.60. The molecule has 11 rings (SSSR count). The van der Waals surface area contributed by atoms with E-state index in [1.807, 2.05) is 24.8 Å². The van der Waals surface area contributed by atoms with Gasteiger partial charge in [0.2, 0.25) is 0 Å². The van der Waals surface area contributed by atoms with E-state index in [1.54, 1.807) is 0 Å². The van der Waals surface area contributed by atoms with Crippen LogP contribution in [-0.2, 0) is 0 Å². The van der Waals surface area contributed by atoms with Crippen molar-refractivity contribution in [1.29, 1.82) is 0 Å². The van der Waals surface area contributed by atoms with Crippen molar-refractivity contribution in [3.05, 3.63) is 170 Å². The van der Waals surface area contributed by atoms with E-state index in [0.717, 1.165) is 44.1 Å². The van der Waals surface area contributed by atoms with Gasteiger partial charge in [0.05, 0.1) is 22.1 Å². The second kappa shape index (κ2) is 10.4. The summed E-state index contributed by atoms with van der Waals surface area (Å²) in [5, 5.41) is 4.64. The molecule has 1 aliphatic rings. The number of nitrogens with zero attached hydrogens (tertiary/aromatic N) is 4. The number of hydrogen-bond donors (Lipinski definition) is 0. The van der Waals surface area contributed by atoms with E-state index in [0.29, 0.717) is 0 Å². The highest BCUT2D eigenvalue weighted by molar-refractivity contribution is 6.12. The molecule has 4 heterocycles. The minimum absolute atomic E-state index is 1.11. The van der Waals surface area contributed by atoms with Gasteiger partial charge in [-0.3, -0.25) is 9.97 Å². The molecule has 0 N–H and O–H groups in total. The van der Waals surface area contributed by atoms with Gasteiger partial charge in [0, 0.05) is 57.7 Å². The highest BCUT2D eigenvalue weighted by atomic mass is 15.0. The molecule has 232 valence electrons. The number of aromatic nitrogens is 4. The molecule has 0 unspecified atom stereocenters. The topological polar surface area (TPSA) is 35.6 Å². The predicted molar refractivity (Wildman–Crippen MR) is 206 cm³/mol. The second-order valence-electron chi connectivity index (χ2n) is 13.0. The Morgan fingerprint density at radius 2 is 0.720 bits per heavy atom. The summed E-state index contributed by atoms with van der Waals surface area (Å²) < 4.78 is 4.75. The molecule has 0 radical (unpaired) electrons. The number of rotatable bonds is 2. The van der Waals surface area contributed by atoms with Crippen molar-refractivity contribution >= 4 is 43.6 Å². The van der Waals surface area contributed by atoms with Gasteiger partial charge < -0.3 is 9.13 Å². The number of para-hydroxylation sites is 1. The first-order valence-electron chi connectivity index (χ1n) is 17.0. The highest BCUT2D eigenvalue weighted by Gasteiger charge is 2.23. The fraction of sp³-hybridized carbons (Fsp3) is 0. The summed E-state index contributed by atoms with van der Waals surface area (Å²) in [6.07, 6.45) is 7.75. The maximum Gasteiger partial charge on any atom is 0.0571 e. The molecule has 0 saturated carbocycles. The van der Waals surface area contributed by atoms with Crippen LogP contribution in [0.4, 0.5) is 0 Å². The largest absolute Gasteiger partial charge is 0.309 e. The molecule has 0 spiro atoms. The van der Waals surface area contributed by atoms with Crippen LogP contribution in [0.5, 0.6) is 0 Å². The zero-order valence-electron chi connectivity index (χ0n) is 27.0. The van der Waals surface area contributed by atoms with Gasteiger partial charge in [0.15, 0.2) is 0 Å². The number of pyridine rings is 2. The number of hydrogen-bond acceptors (Lipinski definition) is 2. The van der Waals surface area contributed by atoms with Gasteiger partial charge in [-0.2, -0.15) is 0 Å². The first kappa shape index (κ1) is 27.2. The zero-order chi connectivity index (χ0) is 32.8. The first-order valence-corrected chi connectivity index (χ1v) is 17.0. The van der Waals surface area contributed by atoms with Crippen LogP contribution in [0.15, 0.2) is 170 Å². The average Bonchev–Trinajstić information content (AvgIpc) is 3.70. The Morgan fingerprint density at radius 3 is 1.32 bits per heavy atom. The Kier molecular flexibility index (Phi) is 5.63. The summed E-state index contributed by atoms with van der Waals surface area (Å²) in [4.78, 5) is 9.06. The molecule has 4 heteroatoms. The molecule has 0 saturated heterocycles. The summed E-state index contributed by atoms with van der Waals surface area (Å²) in [6, 6.07) is 53.1. The van der Waals surface area contributed by atoms with Crippen LogP contribution in [0.3, 0.4) is 0 Å². The van der Waals surface area contributed by atoms with Gasteiger partial charge in [0.25, 0.3) is 0 Å². The summed E-state index contributed by atoms with van der Waals surface area (Å²) in [7, 11) is 0. The van der Waals surface area contributed by atoms with E-state index in [-0.39, 0.29) is 0 Å². The van der Waals surface area contributed by atoms with Crippen molar-refractivity contribution in [2.45, 2.75) is 0 Å². The van der Waals surface area contributed by atoms with Crippen LogP contribution < -0.4 is 0 Å². The van der Waals surface area contributed by atoms with Crippen LogP contribution >= 0.6 is 0 Å². The van der Waals surface area contributed by atoms with Crippen molar-refractivity contribution in [2.75, 3.05) is 0 Å². The lowest BCUT2D eigenvalue weighted by Gasteiger charge is -2.23. The molecule has 0 aliphatic heterocycles. The molecule has 0 fully saturated rings. The summed E-state index contributed by atoms with van der Waals surface area (Å²) >= 11 is 0. The molecule has 50 heavy (non-hydrogen) atoms. The van der Waals surface area contributed by atoms with E-state index in [4.69, 9.17) is 0 Å². The molecule has 6 aromatic carbocycles. The lowest BCUT2D eigenvalue weighted by molar-refractivity contribution is 1.16. The molecule has 0 amide bonds. The minimum atomic E-state index is 1.11. The summed E-state index contributed by atoms with van der Waals surface area (Å²) in [5.41, 5.74) is 16.7. The van der Waals surface area contributed by atoms with Crippen LogP contribution in [0, 0.1) is 0 Å². The fourth-order valence-corrected chi connectivity index (χ4v) is 8.35. The normalized spacial score (nSPS) is 12.0. The maximum absolute atomic E-state index is 4.60. The van der Waals surface area contributed by atoms with Crippen molar-refractivity contribution in [3.8, 4) is 55.9 Å². The minimum Gasteiger partial charge on any atom is -0.309 e. The smallest absolute Gasteiger partial charge is 0.0571 e. The Morgan fingerprint density at radius 1 is 0.300 bits per heavy atom. The van der Waals surface area contributed by atoms with Crippen LogP contribution in [0.2, 0.25) is 0 Å². The zero-order valence-corrected chi connectivity index (χ0v) is 27.0. The Hall–Kier alpha value is -6.78. The predicted octanol–water partition coefficient (Wildman–Crippen LogP) is 11.7. The van der Waals surface area contributed by atoms with Crippen LogP contribution in [0.1, 0.15) is 0 Å². The van der Waals surface area contributed by atoms with Gasteiger partial charge in [-0.25, -0.2) is 0 Å². The van der Waals surface area contributed by atoms with E-state index in [2.05, 4.69) is 165 Å². The van der Waals surface area contributed by atoms with E-state index >= 15 is 0 Å². The van der Waals surface area contributed by atoms with Crippen molar-refractivity contribution in [2.24, 2.45) is 0 Å². The van der Waals surface area contributed by atoms with Crippen LogP contribution in [0.25, 0.3) is 99.5 Å². The molecular weight excluding hydrogens is 609 g/mol. The van der Waals surface area contributed by atoms with Gasteiger partial charge in [-0.05, 0) is 93.0 Å². The monoisotopic (exact) mass is 636 g/mol.